The number of nitrogens with one attached hydrogen (secondary N) is 2. The average Bonchev–Trinajstić information content (AvgIpc) is 3.04. The maximum Gasteiger partial charge on any atom is 0.287 e. The Balaban J connectivity index is 1.31. The Hall–Kier alpha value is -4.38. The molecule has 0 spiro atoms. The number of hydrogen-bond donors (Lipinski definition) is 2. The van der Waals surface area contributed by atoms with Gasteiger partial charge in [0, 0.05) is 73.6 Å². The Bertz CT molecular complexity index is 1790. The van der Waals surface area contributed by atoms with Crippen LogP contribution in [0.5, 0.6) is 0 Å². The molecule has 0 bridgehead atoms. The van der Waals surface area contributed by atoms with Gasteiger partial charge < -0.3 is 29.8 Å². The van der Waals surface area contributed by atoms with Crippen LogP contribution in [0, 0.1) is 0 Å². The second-order valence-electron chi connectivity index (χ2n) is 11.4. The zero-order chi connectivity index (χ0) is 32.8. The molecule has 1 aliphatic rings. The van der Waals surface area contributed by atoms with Crippen molar-refractivity contribution in [1.82, 2.24) is 20.4 Å². The number of benzene rings is 3. The number of rotatable bonds is 10. The van der Waals surface area contributed by atoms with Crippen LogP contribution in [0.15, 0.2) is 82.0 Å². The first-order valence-corrected chi connectivity index (χ1v) is 15.7. The van der Waals surface area contributed by atoms with Gasteiger partial charge in [-0.15, -0.1) is 0 Å². The molecular formula is C34H35Cl2N5O5. The molecule has 1 atom stereocenters. The molecule has 1 fully saturated rings. The molecule has 0 radical (unpaired) electrons. The number of amides is 3. The summed E-state index contributed by atoms with van der Waals surface area (Å²) in [5, 5.41) is 6.97. The van der Waals surface area contributed by atoms with E-state index in [0.717, 1.165) is 23.9 Å². The summed E-state index contributed by atoms with van der Waals surface area (Å²) in [5.41, 5.74) is 1.95. The monoisotopic (exact) mass is 663 g/mol. The molecule has 1 saturated heterocycles. The number of likely N-dealkylation sites (N-methyl/N-ethyl adjacent to an activating group) is 1. The number of carbonyl (C=O) groups excluding carboxylic acids is 3. The van der Waals surface area contributed by atoms with E-state index >= 15 is 0 Å². The second kappa shape index (κ2) is 14.8. The smallest absolute Gasteiger partial charge is 0.287 e. The molecule has 0 aliphatic carbocycles. The molecule has 5 rings (SSSR count). The summed E-state index contributed by atoms with van der Waals surface area (Å²) in [6.07, 6.45) is 0.196. The highest BCUT2D eigenvalue weighted by atomic mass is 35.5. The Morgan fingerprint density at radius 1 is 0.891 bits per heavy atom. The highest BCUT2D eigenvalue weighted by molar-refractivity contribution is 6.31. The number of halogens is 2. The Kier molecular flexibility index (Phi) is 10.6. The molecule has 1 aliphatic heterocycles. The zero-order valence-electron chi connectivity index (χ0n) is 25.6. The van der Waals surface area contributed by atoms with E-state index in [1.807, 2.05) is 37.2 Å². The fourth-order valence-corrected chi connectivity index (χ4v) is 5.63. The van der Waals surface area contributed by atoms with Crippen LogP contribution >= 0.6 is 23.2 Å². The van der Waals surface area contributed by atoms with Crippen LogP contribution in [0.25, 0.3) is 11.0 Å². The Morgan fingerprint density at radius 2 is 1.59 bits per heavy atom. The molecule has 1 aromatic heterocycles. The minimum atomic E-state index is -0.949. The predicted octanol–water partition coefficient (Wildman–Crippen LogP) is 4.08. The van der Waals surface area contributed by atoms with Crippen LogP contribution in [-0.4, -0.2) is 86.9 Å². The summed E-state index contributed by atoms with van der Waals surface area (Å²) < 4.78 is 5.73. The van der Waals surface area contributed by atoms with E-state index < -0.39 is 17.4 Å². The van der Waals surface area contributed by atoms with Crippen molar-refractivity contribution in [3.63, 3.8) is 0 Å². The lowest BCUT2D eigenvalue weighted by Crippen LogP contribution is -2.55. The van der Waals surface area contributed by atoms with Crippen molar-refractivity contribution in [1.29, 1.82) is 0 Å². The summed E-state index contributed by atoms with van der Waals surface area (Å²) >= 11 is 12.1. The third kappa shape index (κ3) is 8.06. The third-order valence-corrected chi connectivity index (χ3v) is 8.28. The van der Waals surface area contributed by atoms with E-state index in [-0.39, 0.29) is 29.6 Å². The molecule has 240 valence electrons. The van der Waals surface area contributed by atoms with Crippen LogP contribution < -0.4 is 21.0 Å². The first kappa shape index (κ1) is 33.0. The van der Waals surface area contributed by atoms with E-state index in [0.29, 0.717) is 53.7 Å². The number of fused-ring (bicyclic) bond motifs is 1. The van der Waals surface area contributed by atoms with E-state index in [9.17, 15) is 19.2 Å². The minimum Gasteiger partial charge on any atom is -0.451 e. The summed E-state index contributed by atoms with van der Waals surface area (Å²) in [6, 6.07) is 19.2. The maximum absolute atomic E-state index is 13.9. The van der Waals surface area contributed by atoms with Crippen molar-refractivity contribution in [3.8, 4) is 0 Å². The lowest BCUT2D eigenvalue weighted by Gasteiger charge is -2.38. The number of carbonyl (C=O) groups is 3. The van der Waals surface area contributed by atoms with Crippen molar-refractivity contribution in [3.05, 3.63) is 110 Å². The standard InChI is InChI=1S/C34H35Cl2N5O5/c1-39(2)14-13-37-32(43)25-5-3-4-6-28(25)40-15-17-41(18-16-40)34(45)27(19-22-7-9-23(35)10-8-22)38-33(44)31-21-29(42)26-12-11-24(36)20-30(26)46-31/h3-12,20-21,27H,13-19H2,1-2H3,(H,37,43)(H,38,44)/t27-/m1/s1. The maximum atomic E-state index is 13.9. The van der Waals surface area contributed by atoms with Gasteiger partial charge in [-0.2, -0.15) is 0 Å². The summed E-state index contributed by atoms with van der Waals surface area (Å²) in [4.78, 5) is 58.8. The molecule has 2 heterocycles. The van der Waals surface area contributed by atoms with Crippen molar-refractivity contribution in [2.75, 3.05) is 58.3 Å². The summed E-state index contributed by atoms with van der Waals surface area (Å²) in [6.45, 7) is 3.01. The largest absolute Gasteiger partial charge is 0.451 e. The van der Waals surface area contributed by atoms with Gasteiger partial charge in [-0.05, 0) is 56.1 Å². The minimum absolute atomic E-state index is 0.149. The number of hydrogen-bond acceptors (Lipinski definition) is 7. The van der Waals surface area contributed by atoms with E-state index in [1.54, 1.807) is 41.3 Å². The van der Waals surface area contributed by atoms with Crippen LogP contribution in [0.1, 0.15) is 26.5 Å². The van der Waals surface area contributed by atoms with Gasteiger partial charge in [0.1, 0.15) is 11.6 Å². The van der Waals surface area contributed by atoms with Crippen molar-refractivity contribution >= 4 is 57.6 Å². The summed E-state index contributed by atoms with van der Waals surface area (Å²) in [7, 11) is 3.90. The molecule has 12 heteroatoms. The first-order chi connectivity index (χ1) is 22.1. The number of nitrogens with zero attached hydrogens (tertiary/aromatic N) is 3. The molecule has 46 heavy (non-hydrogen) atoms. The Labute approximate surface area is 276 Å². The topological polar surface area (TPSA) is 115 Å². The van der Waals surface area contributed by atoms with Gasteiger partial charge in [0.2, 0.25) is 5.91 Å². The van der Waals surface area contributed by atoms with Crippen molar-refractivity contribution in [2.24, 2.45) is 0 Å². The lowest BCUT2D eigenvalue weighted by molar-refractivity contribution is -0.133. The van der Waals surface area contributed by atoms with E-state index in [2.05, 4.69) is 15.5 Å². The molecule has 0 unspecified atom stereocenters. The molecule has 3 aromatic carbocycles. The van der Waals surface area contributed by atoms with Gasteiger partial charge >= 0.3 is 0 Å². The molecule has 4 aromatic rings. The quantitative estimate of drug-likeness (QED) is 0.263. The zero-order valence-corrected chi connectivity index (χ0v) is 27.1. The lowest BCUT2D eigenvalue weighted by atomic mass is 10.0. The van der Waals surface area contributed by atoms with Crippen LogP contribution in [-0.2, 0) is 11.2 Å². The van der Waals surface area contributed by atoms with Gasteiger partial charge in [0.25, 0.3) is 11.8 Å². The fourth-order valence-electron chi connectivity index (χ4n) is 5.34. The highest BCUT2D eigenvalue weighted by Gasteiger charge is 2.31. The normalized spacial score (nSPS) is 13.9. The van der Waals surface area contributed by atoms with Crippen LogP contribution in [0.3, 0.4) is 0 Å². The van der Waals surface area contributed by atoms with Gasteiger partial charge in [-0.25, -0.2) is 0 Å². The van der Waals surface area contributed by atoms with Crippen molar-refractivity contribution in [2.45, 2.75) is 12.5 Å². The molecule has 3 amide bonds. The number of piperazine rings is 1. The van der Waals surface area contributed by atoms with Crippen molar-refractivity contribution < 1.29 is 18.8 Å². The molecule has 0 saturated carbocycles. The first-order valence-electron chi connectivity index (χ1n) is 14.9. The third-order valence-electron chi connectivity index (χ3n) is 7.80. The van der Waals surface area contributed by atoms with E-state index in [4.69, 9.17) is 27.6 Å². The van der Waals surface area contributed by atoms with Gasteiger partial charge in [-0.1, -0.05) is 47.5 Å². The molecule has 10 nitrogen and oxygen atoms in total. The predicted molar refractivity (Wildman–Crippen MR) is 180 cm³/mol. The number of para-hydroxylation sites is 1. The SMILES string of the molecule is CN(C)CCNC(=O)c1ccccc1N1CCN(C(=O)[C@@H](Cc2ccc(Cl)cc2)NC(=O)c2cc(=O)c3ccc(Cl)cc3o2)CC1. The van der Waals surface area contributed by atoms with Gasteiger partial charge in [0.05, 0.1) is 10.9 Å². The highest BCUT2D eigenvalue weighted by Crippen LogP contribution is 2.23. The van der Waals surface area contributed by atoms with E-state index in [1.165, 1.54) is 12.1 Å². The van der Waals surface area contributed by atoms with Gasteiger partial charge in [-0.3, -0.25) is 19.2 Å². The average molecular weight is 665 g/mol. The summed E-state index contributed by atoms with van der Waals surface area (Å²) in [5.74, 6) is -1.34. The van der Waals surface area contributed by atoms with Crippen LogP contribution in [0.4, 0.5) is 5.69 Å². The van der Waals surface area contributed by atoms with Crippen LogP contribution in [0.2, 0.25) is 10.0 Å². The second-order valence-corrected chi connectivity index (χ2v) is 12.2. The Morgan fingerprint density at radius 3 is 2.30 bits per heavy atom. The fraction of sp³-hybridized carbons (Fsp3) is 0.294. The van der Waals surface area contributed by atoms with Gasteiger partial charge in [0.15, 0.2) is 11.2 Å². The number of anilines is 1. The molecular weight excluding hydrogens is 629 g/mol. The molecule has 2 N–H and O–H groups in total.